The lowest BCUT2D eigenvalue weighted by molar-refractivity contribution is 0.101. The fraction of sp³-hybridized carbons (Fsp3) is 0.105. The van der Waals surface area contributed by atoms with Crippen molar-refractivity contribution in [2.24, 2.45) is 7.05 Å². The second-order valence-corrected chi connectivity index (χ2v) is 6.67. The molecule has 0 aliphatic rings. The lowest BCUT2D eigenvalue weighted by Gasteiger charge is -2.05. The number of benzene rings is 1. The van der Waals surface area contributed by atoms with E-state index < -0.39 is 0 Å². The third-order valence-corrected chi connectivity index (χ3v) is 5.05. The molecule has 130 valence electrons. The monoisotopic (exact) mass is 457 g/mol. The number of alkyl halides is 1. The molecule has 4 aromatic rings. The van der Waals surface area contributed by atoms with Gasteiger partial charge in [0, 0.05) is 34.3 Å². The number of hydrogen-bond acceptors (Lipinski definition) is 3. The second kappa shape index (κ2) is 6.91. The predicted octanol–water partition coefficient (Wildman–Crippen LogP) is 4.15. The number of carbonyl (C=O) groups is 1. The third kappa shape index (κ3) is 3.10. The summed E-state index contributed by atoms with van der Waals surface area (Å²) in [6.45, 7) is 0. The van der Waals surface area contributed by atoms with Crippen LogP contribution in [0.25, 0.3) is 22.3 Å². The minimum atomic E-state index is -0.237. The highest BCUT2D eigenvalue weighted by Crippen LogP contribution is 2.28. The molecule has 1 aromatic carbocycles. The number of carbonyl (C=O) groups excluding carboxylic acids is 1. The Morgan fingerprint density at radius 3 is 2.85 bits per heavy atom. The first kappa shape index (κ1) is 16.8. The van der Waals surface area contributed by atoms with Crippen molar-refractivity contribution in [3.05, 3.63) is 66.0 Å². The second-order valence-electron chi connectivity index (χ2n) is 5.90. The summed E-state index contributed by atoms with van der Waals surface area (Å²) in [5.41, 5.74) is 4.68. The number of nitrogens with zero attached hydrogens (tertiary/aromatic N) is 3. The Labute approximate surface area is 163 Å². The highest BCUT2D eigenvalue weighted by molar-refractivity contribution is 14.1. The van der Waals surface area contributed by atoms with E-state index >= 15 is 0 Å². The summed E-state index contributed by atoms with van der Waals surface area (Å²) in [7, 11) is 1.73. The Hall–Kier alpha value is -2.68. The normalized spacial score (nSPS) is 11.0. The molecule has 0 spiro atoms. The van der Waals surface area contributed by atoms with Crippen molar-refractivity contribution in [2.45, 2.75) is 4.43 Å². The van der Waals surface area contributed by atoms with Gasteiger partial charge in [0.2, 0.25) is 0 Å². The molecule has 1 amide bonds. The summed E-state index contributed by atoms with van der Waals surface area (Å²) in [5.74, 6) is 0.262. The molecule has 0 bridgehead atoms. The van der Waals surface area contributed by atoms with E-state index in [1.165, 1.54) is 15.8 Å². The summed E-state index contributed by atoms with van der Waals surface area (Å²) in [6, 6.07) is 15.8. The number of hydrogen-bond donors (Lipinski definition) is 2. The van der Waals surface area contributed by atoms with Gasteiger partial charge in [-0.1, -0.05) is 46.9 Å². The summed E-state index contributed by atoms with van der Waals surface area (Å²) in [4.78, 5) is 20.2. The lowest BCUT2D eigenvalue weighted by atomic mass is 10.1. The topological polar surface area (TPSA) is 75.6 Å². The summed E-state index contributed by atoms with van der Waals surface area (Å²) in [6.07, 6.45) is 1.59. The lowest BCUT2D eigenvalue weighted by Crippen LogP contribution is -2.16. The molecule has 0 aliphatic carbocycles. The number of aromatic nitrogens is 4. The zero-order valence-corrected chi connectivity index (χ0v) is 16.2. The van der Waals surface area contributed by atoms with Gasteiger partial charge < -0.3 is 10.3 Å². The van der Waals surface area contributed by atoms with Gasteiger partial charge in [0.05, 0.1) is 0 Å². The van der Waals surface area contributed by atoms with E-state index in [2.05, 4.69) is 61.2 Å². The molecular weight excluding hydrogens is 441 g/mol. The molecule has 26 heavy (non-hydrogen) atoms. The van der Waals surface area contributed by atoms with Gasteiger partial charge >= 0.3 is 0 Å². The van der Waals surface area contributed by atoms with Crippen LogP contribution in [-0.2, 0) is 11.5 Å². The molecular formula is C19H16IN5O. The molecule has 0 unspecified atom stereocenters. The van der Waals surface area contributed by atoms with Crippen LogP contribution in [0.2, 0.25) is 0 Å². The molecule has 4 rings (SSSR count). The standard InChI is InChI=1S/C19H16IN5O/c1-25-16(8-9-21-25)19(26)24-17-7-6-12-10-15(22-18(12)23-17)14-5-3-2-4-13(14)11-20/h2-10H,11H2,1H3,(H2,22,23,24,26). The van der Waals surface area contributed by atoms with E-state index in [-0.39, 0.29) is 5.91 Å². The van der Waals surface area contributed by atoms with Crippen molar-refractivity contribution in [3.8, 4) is 11.3 Å². The molecule has 0 aliphatic heterocycles. The van der Waals surface area contributed by atoms with Crippen LogP contribution in [0.3, 0.4) is 0 Å². The Balaban J connectivity index is 1.66. The molecule has 7 heteroatoms. The Morgan fingerprint density at radius 1 is 1.23 bits per heavy atom. The fourth-order valence-electron chi connectivity index (χ4n) is 2.90. The summed E-state index contributed by atoms with van der Waals surface area (Å²) >= 11 is 2.37. The number of pyridine rings is 1. The highest BCUT2D eigenvalue weighted by Gasteiger charge is 2.12. The number of aromatic amines is 1. The van der Waals surface area contributed by atoms with Crippen LogP contribution in [0.1, 0.15) is 16.1 Å². The molecule has 2 N–H and O–H groups in total. The minimum Gasteiger partial charge on any atom is -0.339 e. The Morgan fingerprint density at radius 2 is 2.08 bits per heavy atom. The van der Waals surface area contributed by atoms with Gasteiger partial charge in [-0.15, -0.1) is 0 Å². The SMILES string of the molecule is Cn1nccc1C(=O)Nc1ccc2cc(-c3ccccc3CI)[nH]c2n1. The van der Waals surface area contributed by atoms with Gasteiger partial charge in [-0.05, 0) is 29.8 Å². The van der Waals surface area contributed by atoms with E-state index in [1.54, 1.807) is 25.4 Å². The first-order valence-corrected chi connectivity index (χ1v) is 9.61. The molecule has 0 saturated heterocycles. The zero-order valence-electron chi connectivity index (χ0n) is 14.0. The maximum atomic E-state index is 12.3. The van der Waals surface area contributed by atoms with Crippen molar-refractivity contribution in [1.82, 2.24) is 19.7 Å². The maximum Gasteiger partial charge on any atom is 0.275 e. The average molecular weight is 457 g/mol. The first-order valence-electron chi connectivity index (χ1n) is 8.09. The van der Waals surface area contributed by atoms with E-state index in [0.29, 0.717) is 11.5 Å². The molecule has 0 radical (unpaired) electrons. The predicted molar refractivity (Wildman–Crippen MR) is 110 cm³/mol. The van der Waals surface area contributed by atoms with Gasteiger partial charge in [0.15, 0.2) is 0 Å². The minimum absolute atomic E-state index is 0.237. The number of amides is 1. The third-order valence-electron chi connectivity index (χ3n) is 4.23. The molecule has 0 saturated carbocycles. The van der Waals surface area contributed by atoms with Crippen LogP contribution in [-0.4, -0.2) is 25.7 Å². The number of H-pyrrole nitrogens is 1. The molecule has 0 fully saturated rings. The Kier molecular flexibility index (Phi) is 4.46. The number of halogens is 1. The van der Waals surface area contributed by atoms with Crippen molar-refractivity contribution in [2.75, 3.05) is 5.32 Å². The first-order chi connectivity index (χ1) is 12.7. The van der Waals surface area contributed by atoms with Crippen LogP contribution in [0, 0.1) is 0 Å². The zero-order chi connectivity index (χ0) is 18.1. The average Bonchev–Trinajstić information content (AvgIpc) is 3.27. The Bertz CT molecular complexity index is 1100. The van der Waals surface area contributed by atoms with Crippen molar-refractivity contribution in [1.29, 1.82) is 0 Å². The molecule has 3 heterocycles. The van der Waals surface area contributed by atoms with Crippen molar-refractivity contribution >= 4 is 45.3 Å². The van der Waals surface area contributed by atoms with E-state index in [0.717, 1.165) is 21.2 Å². The van der Waals surface area contributed by atoms with Crippen LogP contribution in [0.4, 0.5) is 5.82 Å². The number of anilines is 1. The number of rotatable bonds is 4. The summed E-state index contributed by atoms with van der Waals surface area (Å²) in [5, 5.41) is 7.83. The van der Waals surface area contributed by atoms with E-state index in [1.807, 2.05) is 18.2 Å². The highest BCUT2D eigenvalue weighted by atomic mass is 127. The van der Waals surface area contributed by atoms with Crippen LogP contribution in [0.5, 0.6) is 0 Å². The van der Waals surface area contributed by atoms with Crippen molar-refractivity contribution in [3.63, 3.8) is 0 Å². The van der Waals surface area contributed by atoms with Crippen LogP contribution >= 0.6 is 22.6 Å². The number of nitrogens with one attached hydrogen (secondary N) is 2. The van der Waals surface area contributed by atoms with Crippen LogP contribution < -0.4 is 5.32 Å². The van der Waals surface area contributed by atoms with Crippen molar-refractivity contribution < 1.29 is 4.79 Å². The van der Waals surface area contributed by atoms with Gasteiger partial charge in [-0.2, -0.15) is 5.10 Å². The number of aryl methyl sites for hydroxylation is 1. The maximum absolute atomic E-state index is 12.3. The molecule has 0 atom stereocenters. The van der Waals surface area contributed by atoms with Gasteiger partial charge in [0.1, 0.15) is 17.2 Å². The van der Waals surface area contributed by atoms with Crippen LogP contribution in [0.15, 0.2) is 54.7 Å². The molecule has 3 aromatic heterocycles. The largest absolute Gasteiger partial charge is 0.339 e. The van der Waals surface area contributed by atoms with E-state index in [9.17, 15) is 4.79 Å². The fourth-order valence-corrected chi connectivity index (χ4v) is 3.56. The van der Waals surface area contributed by atoms with Gasteiger partial charge in [-0.3, -0.25) is 9.48 Å². The van der Waals surface area contributed by atoms with Gasteiger partial charge in [-0.25, -0.2) is 4.98 Å². The quantitative estimate of drug-likeness (QED) is 0.357. The van der Waals surface area contributed by atoms with Gasteiger partial charge in [0.25, 0.3) is 5.91 Å². The van der Waals surface area contributed by atoms with E-state index in [4.69, 9.17) is 0 Å². The summed E-state index contributed by atoms with van der Waals surface area (Å²) < 4.78 is 2.46. The molecule has 6 nitrogen and oxygen atoms in total. The smallest absolute Gasteiger partial charge is 0.275 e. The number of fused-ring (bicyclic) bond motifs is 1.